The Morgan fingerprint density at radius 1 is 0.594 bits per heavy atom. The van der Waals surface area contributed by atoms with Gasteiger partial charge in [-0.15, -0.1) is 0 Å². The number of benzene rings is 3. The molecule has 0 fully saturated rings. The highest BCUT2D eigenvalue weighted by Gasteiger charge is 2.35. The van der Waals surface area contributed by atoms with Crippen LogP contribution in [0.5, 0.6) is 0 Å². The minimum atomic E-state index is -0.100. The van der Waals surface area contributed by atoms with Gasteiger partial charge in [-0.1, -0.05) is 130 Å². The lowest BCUT2D eigenvalue weighted by Crippen LogP contribution is -2.29. The summed E-state index contributed by atoms with van der Waals surface area (Å²) < 4.78 is 5.65. The molecule has 0 aliphatic carbocycles. The fourth-order valence-corrected chi connectivity index (χ4v) is 5.00. The molecule has 1 unspecified atom stereocenters. The quantitative estimate of drug-likeness (QED) is 0.184. The summed E-state index contributed by atoms with van der Waals surface area (Å²) in [4.78, 5) is 0. The summed E-state index contributed by atoms with van der Waals surface area (Å²) >= 11 is 0. The van der Waals surface area contributed by atoms with Crippen LogP contribution in [0.4, 0.5) is 0 Å². The van der Waals surface area contributed by atoms with Crippen LogP contribution in [0.25, 0.3) is 0 Å². The molecule has 0 aliphatic heterocycles. The highest BCUT2D eigenvalue weighted by Crippen LogP contribution is 2.43. The zero-order chi connectivity index (χ0) is 22.5. The molecule has 0 saturated heterocycles. The Morgan fingerprint density at radius 2 is 1.00 bits per heavy atom. The summed E-state index contributed by atoms with van der Waals surface area (Å²) in [5.74, 6) is 0. The van der Waals surface area contributed by atoms with Gasteiger partial charge in [-0.2, -0.15) is 0 Å². The van der Waals surface area contributed by atoms with Gasteiger partial charge in [0.1, 0.15) is 0 Å². The second kappa shape index (κ2) is 13.2. The van der Waals surface area contributed by atoms with Gasteiger partial charge in [0.15, 0.2) is 0 Å². The summed E-state index contributed by atoms with van der Waals surface area (Å²) in [7, 11) is 0. The summed E-state index contributed by atoms with van der Waals surface area (Å²) in [6, 6.07) is 33.3. The number of hydrogen-bond acceptors (Lipinski definition) is 1. The summed E-state index contributed by atoms with van der Waals surface area (Å²) in [5.41, 5.74) is 4.07. The molecule has 170 valence electrons. The van der Waals surface area contributed by atoms with E-state index < -0.39 is 0 Å². The first-order valence-electron chi connectivity index (χ1n) is 12.6. The molecule has 3 aromatic rings. The molecule has 0 amide bonds. The fraction of sp³-hybridized carbons (Fsp3) is 0.419. The zero-order valence-electron chi connectivity index (χ0n) is 20.0. The number of hydrogen-bond donors (Lipinski definition) is 0. The van der Waals surface area contributed by atoms with E-state index in [1.54, 1.807) is 0 Å². The minimum absolute atomic E-state index is 0.100. The predicted molar refractivity (Wildman–Crippen MR) is 137 cm³/mol. The van der Waals surface area contributed by atoms with Crippen molar-refractivity contribution in [3.63, 3.8) is 0 Å². The van der Waals surface area contributed by atoms with Gasteiger partial charge in [-0.05, 0) is 43.4 Å². The molecular formula is C31H40O. The Kier molecular flexibility index (Phi) is 10.0. The molecular weight excluding hydrogens is 388 g/mol. The van der Waals surface area contributed by atoms with Gasteiger partial charge in [-0.3, -0.25) is 0 Å². The molecule has 0 spiro atoms. The molecule has 32 heavy (non-hydrogen) atoms. The third-order valence-corrected chi connectivity index (χ3v) is 6.66. The standard InChI is InChI=1S/C31H40O/c1-3-32-27(2)19-11-6-4-5-7-18-26-31(28-20-12-8-13-21-28,29-22-14-9-15-23-29)30-24-16-10-17-25-30/h8-10,12-17,20-25,27H,3-7,11,18-19,26H2,1-2H3. The lowest BCUT2D eigenvalue weighted by molar-refractivity contribution is 0.0683. The molecule has 0 bridgehead atoms. The fourth-order valence-electron chi connectivity index (χ4n) is 5.00. The smallest absolute Gasteiger partial charge is 0.0546 e. The van der Waals surface area contributed by atoms with Crippen molar-refractivity contribution >= 4 is 0 Å². The van der Waals surface area contributed by atoms with Crippen LogP contribution in [0.3, 0.4) is 0 Å². The van der Waals surface area contributed by atoms with Gasteiger partial charge in [0.2, 0.25) is 0 Å². The molecule has 0 radical (unpaired) electrons. The Morgan fingerprint density at radius 3 is 1.44 bits per heavy atom. The molecule has 0 aliphatic rings. The van der Waals surface area contributed by atoms with Crippen molar-refractivity contribution in [1.29, 1.82) is 0 Å². The Balaban J connectivity index is 1.68. The largest absolute Gasteiger partial charge is 0.379 e. The molecule has 3 aromatic carbocycles. The van der Waals surface area contributed by atoms with Crippen LogP contribution in [-0.2, 0) is 10.2 Å². The van der Waals surface area contributed by atoms with Crippen molar-refractivity contribution in [2.45, 2.75) is 76.7 Å². The molecule has 1 heteroatoms. The van der Waals surface area contributed by atoms with Crippen molar-refractivity contribution in [2.24, 2.45) is 0 Å². The Labute approximate surface area is 195 Å². The van der Waals surface area contributed by atoms with Crippen LogP contribution in [0.1, 0.15) is 81.9 Å². The van der Waals surface area contributed by atoms with Crippen LogP contribution >= 0.6 is 0 Å². The molecule has 1 atom stereocenters. The van der Waals surface area contributed by atoms with Crippen molar-refractivity contribution in [1.82, 2.24) is 0 Å². The maximum Gasteiger partial charge on any atom is 0.0546 e. The monoisotopic (exact) mass is 428 g/mol. The van der Waals surface area contributed by atoms with E-state index in [1.165, 1.54) is 61.6 Å². The average molecular weight is 429 g/mol. The van der Waals surface area contributed by atoms with E-state index in [2.05, 4.69) is 105 Å². The van der Waals surface area contributed by atoms with Crippen LogP contribution in [0, 0.1) is 0 Å². The van der Waals surface area contributed by atoms with Crippen molar-refractivity contribution in [3.05, 3.63) is 108 Å². The van der Waals surface area contributed by atoms with Crippen LogP contribution in [0.15, 0.2) is 91.0 Å². The van der Waals surface area contributed by atoms with E-state index >= 15 is 0 Å². The molecule has 0 saturated carbocycles. The summed E-state index contributed by atoms with van der Waals surface area (Å²) in [5, 5.41) is 0. The molecule has 0 heterocycles. The second-order valence-corrected chi connectivity index (χ2v) is 8.93. The number of rotatable bonds is 14. The van der Waals surface area contributed by atoms with Crippen LogP contribution < -0.4 is 0 Å². The maximum absolute atomic E-state index is 5.65. The normalized spacial score (nSPS) is 12.6. The van der Waals surface area contributed by atoms with E-state index in [4.69, 9.17) is 4.74 Å². The average Bonchev–Trinajstić information content (AvgIpc) is 2.85. The van der Waals surface area contributed by atoms with Crippen LogP contribution in [-0.4, -0.2) is 12.7 Å². The Hall–Kier alpha value is -2.38. The second-order valence-electron chi connectivity index (χ2n) is 8.93. The SMILES string of the molecule is CCOC(C)CCCCCCCCC(c1ccccc1)(c1ccccc1)c1ccccc1. The Bertz CT molecular complexity index is 760. The van der Waals surface area contributed by atoms with E-state index in [-0.39, 0.29) is 5.41 Å². The first-order chi connectivity index (χ1) is 15.8. The van der Waals surface area contributed by atoms with Gasteiger partial charge in [0.05, 0.1) is 6.10 Å². The first kappa shape index (κ1) is 24.3. The molecule has 3 rings (SSSR count). The van der Waals surface area contributed by atoms with Crippen LogP contribution in [0.2, 0.25) is 0 Å². The zero-order valence-corrected chi connectivity index (χ0v) is 20.0. The molecule has 1 nitrogen and oxygen atoms in total. The van der Waals surface area contributed by atoms with E-state index in [1.807, 2.05) is 0 Å². The van der Waals surface area contributed by atoms with Gasteiger partial charge < -0.3 is 4.74 Å². The number of unbranched alkanes of at least 4 members (excludes halogenated alkanes) is 5. The van der Waals surface area contributed by atoms with E-state index in [0.29, 0.717) is 6.10 Å². The summed E-state index contributed by atoms with van der Waals surface area (Å²) in [6.07, 6.45) is 10.5. The summed E-state index contributed by atoms with van der Waals surface area (Å²) in [6.45, 7) is 5.10. The lowest BCUT2D eigenvalue weighted by Gasteiger charge is -2.36. The molecule has 0 aromatic heterocycles. The first-order valence-corrected chi connectivity index (χ1v) is 12.6. The maximum atomic E-state index is 5.65. The van der Waals surface area contributed by atoms with Gasteiger partial charge in [0, 0.05) is 12.0 Å². The highest BCUT2D eigenvalue weighted by molar-refractivity contribution is 5.50. The van der Waals surface area contributed by atoms with E-state index in [9.17, 15) is 0 Å². The minimum Gasteiger partial charge on any atom is -0.379 e. The van der Waals surface area contributed by atoms with Crippen molar-refractivity contribution < 1.29 is 4.74 Å². The number of ether oxygens (including phenoxy) is 1. The predicted octanol–water partition coefficient (Wildman–Crippen LogP) is 8.57. The third kappa shape index (κ3) is 6.56. The highest BCUT2D eigenvalue weighted by atomic mass is 16.5. The lowest BCUT2D eigenvalue weighted by atomic mass is 9.66. The van der Waals surface area contributed by atoms with Gasteiger partial charge in [-0.25, -0.2) is 0 Å². The van der Waals surface area contributed by atoms with Gasteiger partial charge in [0.25, 0.3) is 0 Å². The van der Waals surface area contributed by atoms with Crippen molar-refractivity contribution in [3.8, 4) is 0 Å². The molecule has 0 N–H and O–H groups in total. The topological polar surface area (TPSA) is 9.23 Å². The van der Waals surface area contributed by atoms with E-state index in [0.717, 1.165) is 13.0 Å². The van der Waals surface area contributed by atoms with Crippen molar-refractivity contribution in [2.75, 3.05) is 6.61 Å². The third-order valence-electron chi connectivity index (χ3n) is 6.66. The van der Waals surface area contributed by atoms with Gasteiger partial charge >= 0.3 is 0 Å².